The van der Waals surface area contributed by atoms with Crippen LogP contribution in [0.5, 0.6) is 0 Å². The van der Waals surface area contributed by atoms with Crippen molar-refractivity contribution in [3.8, 4) is 0 Å². The minimum absolute atomic E-state index is 0.485. The first-order valence-electron chi connectivity index (χ1n) is 3.86. The average molecular weight is 193 g/mol. The summed E-state index contributed by atoms with van der Waals surface area (Å²) in [6.07, 6.45) is 0. The molecule has 0 saturated carbocycles. The fourth-order valence-electron chi connectivity index (χ4n) is 0.890. The molecule has 0 bridgehead atoms. The highest BCUT2D eigenvalue weighted by Crippen LogP contribution is 1.96. The largest absolute Gasteiger partial charge is 0.357 e. The van der Waals surface area contributed by atoms with Gasteiger partial charge in [-0.25, -0.2) is 0 Å². The van der Waals surface area contributed by atoms with Gasteiger partial charge in [-0.2, -0.15) is 5.10 Å². The van der Waals surface area contributed by atoms with Crippen LogP contribution < -0.4 is 10.7 Å². The minimum atomic E-state index is 0.485. The molecular weight excluding hydrogens is 182 g/mol. The van der Waals surface area contributed by atoms with Gasteiger partial charge in [-0.3, -0.25) is 5.43 Å². The highest BCUT2D eigenvalue weighted by Gasteiger charge is 1.92. The molecule has 1 rings (SSSR count). The Morgan fingerprint density at radius 3 is 2.69 bits per heavy atom. The summed E-state index contributed by atoms with van der Waals surface area (Å²) in [5, 5.41) is 6.92. The van der Waals surface area contributed by atoms with Gasteiger partial charge in [0.15, 0.2) is 5.11 Å². The first-order chi connectivity index (χ1) is 6.33. The maximum atomic E-state index is 4.90. The summed E-state index contributed by atoms with van der Waals surface area (Å²) in [6, 6.07) is 10.00. The number of benzene rings is 1. The Morgan fingerprint density at radius 1 is 1.38 bits per heavy atom. The van der Waals surface area contributed by atoms with E-state index in [4.69, 9.17) is 12.2 Å². The molecule has 4 heteroatoms. The number of rotatable bonds is 3. The van der Waals surface area contributed by atoms with Crippen LogP contribution in [0.4, 0.5) is 0 Å². The molecule has 0 aromatic heterocycles. The van der Waals surface area contributed by atoms with Gasteiger partial charge in [-0.05, 0) is 17.8 Å². The number of nitrogens with one attached hydrogen (secondary N) is 2. The van der Waals surface area contributed by atoms with E-state index < -0.39 is 0 Å². The topological polar surface area (TPSA) is 36.4 Å². The van der Waals surface area contributed by atoms with Crippen molar-refractivity contribution in [2.45, 2.75) is 6.54 Å². The van der Waals surface area contributed by atoms with Gasteiger partial charge < -0.3 is 5.32 Å². The molecule has 0 unspecified atom stereocenters. The molecule has 0 amide bonds. The second-order valence-corrected chi connectivity index (χ2v) is 2.85. The van der Waals surface area contributed by atoms with Crippen LogP contribution in [0.3, 0.4) is 0 Å². The molecular formula is C9H11N3S. The Kier molecular flexibility index (Phi) is 3.92. The molecule has 3 nitrogen and oxygen atoms in total. The summed E-state index contributed by atoms with van der Waals surface area (Å²) in [4.78, 5) is 0. The lowest BCUT2D eigenvalue weighted by atomic mass is 10.2. The van der Waals surface area contributed by atoms with Crippen molar-refractivity contribution in [1.82, 2.24) is 10.7 Å². The van der Waals surface area contributed by atoms with Gasteiger partial charge in [0.25, 0.3) is 0 Å². The molecule has 0 atom stereocenters. The molecule has 0 saturated heterocycles. The van der Waals surface area contributed by atoms with E-state index in [1.807, 2.05) is 30.3 Å². The number of hydrogen-bond donors (Lipinski definition) is 2. The molecule has 0 aliphatic heterocycles. The van der Waals surface area contributed by atoms with E-state index in [1.54, 1.807) is 0 Å². The minimum Gasteiger partial charge on any atom is -0.357 e. The van der Waals surface area contributed by atoms with Crippen molar-refractivity contribution in [3.63, 3.8) is 0 Å². The summed E-state index contributed by atoms with van der Waals surface area (Å²) >= 11 is 4.90. The zero-order valence-electron chi connectivity index (χ0n) is 7.16. The van der Waals surface area contributed by atoms with Crippen molar-refractivity contribution in [2.75, 3.05) is 0 Å². The quantitative estimate of drug-likeness (QED) is 0.431. The lowest BCUT2D eigenvalue weighted by Crippen LogP contribution is -2.31. The van der Waals surface area contributed by atoms with E-state index in [0.717, 1.165) is 0 Å². The van der Waals surface area contributed by atoms with Crippen LogP contribution in [0.25, 0.3) is 0 Å². The Morgan fingerprint density at radius 2 is 2.08 bits per heavy atom. The molecule has 13 heavy (non-hydrogen) atoms. The van der Waals surface area contributed by atoms with E-state index in [2.05, 4.69) is 22.6 Å². The van der Waals surface area contributed by atoms with Gasteiger partial charge in [0.05, 0.1) is 0 Å². The first-order valence-corrected chi connectivity index (χ1v) is 4.27. The first kappa shape index (κ1) is 9.67. The fraction of sp³-hybridized carbons (Fsp3) is 0.111. The van der Waals surface area contributed by atoms with E-state index in [9.17, 15) is 0 Å². The zero-order valence-corrected chi connectivity index (χ0v) is 7.97. The van der Waals surface area contributed by atoms with E-state index in [1.165, 1.54) is 5.56 Å². The molecule has 0 aliphatic carbocycles. The summed E-state index contributed by atoms with van der Waals surface area (Å²) in [5.74, 6) is 0. The second kappa shape index (κ2) is 5.27. The zero-order chi connectivity index (χ0) is 9.52. The van der Waals surface area contributed by atoms with Crippen LogP contribution in [0.1, 0.15) is 5.56 Å². The Bertz CT molecular complexity index is 284. The van der Waals surface area contributed by atoms with Gasteiger partial charge in [0, 0.05) is 13.3 Å². The normalized spacial score (nSPS) is 8.92. The molecule has 0 heterocycles. The van der Waals surface area contributed by atoms with Crippen LogP contribution in [0.2, 0.25) is 0 Å². The number of hydrazone groups is 1. The lowest BCUT2D eigenvalue weighted by Gasteiger charge is -2.05. The van der Waals surface area contributed by atoms with E-state index in [-0.39, 0.29) is 0 Å². The monoisotopic (exact) mass is 193 g/mol. The predicted octanol–water partition coefficient (Wildman–Crippen LogP) is 1.27. The van der Waals surface area contributed by atoms with Gasteiger partial charge in [-0.1, -0.05) is 30.3 Å². The summed E-state index contributed by atoms with van der Waals surface area (Å²) in [5.41, 5.74) is 3.73. The molecule has 0 fully saturated rings. The lowest BCUT2D eigenvalue weighted by molar-refractivity contribution is 0.870. The number of nitrogens with zero attached hydrogens (tertiary/aromatic N) is 1. The van der Waals surface area contributed by atoms with Crippen LogP contribution in [-0.4, -0.2) is 11.8 Å². The van der Waals surface area contributed by atoms with Crippen molar-refractivity contribution < 1.29 is 0 Å². The third-order valence-corrected chi connectivity index (χ3v) is 1.71. The summed E-state index contributed by atoms with van der Waals surface area (Å²) in [6.45, 7) is 3.96. The SMILES string of the molecule is C=NNC(=S)NCc1ccccc1. The van der Waals surface area contributed by atoms with Crippen molar-refractivity contribution in [3.05, 3.63) is 35.9 Å². The molecule has 0 aliphatic rings. The van der Waals surface area contributed by atoms with Crippen LogP contribution >= 0.6 is 12.2 Å². The summed E-state index contributed by atoms with van der Waals surface area (Å²) in [7, 11) is 0. The van der Waals surface area contributed by atoms with Gasteiger partial charge in [0.1, 0.15) is 0 Å². The second-order valence-electron chi connectivity index (χ2n) is 2.44. The fourth-order valence-corrected chi connectivity index (χ4v) is 1.03. The standard InChI is InChI=1S/C9H11N3S/c1-10-12-9(13)11-7-8-5-3-2-4-6-8/h2-6H,1,7H2,(H2,11,12,13). The smallest absolute Gasteiger partial charge is 0.187 e. The highest BCUT2D eigenvalue weighted by molar-refractivity contribution is 7.80. The molecule has 1 aromatic carbocycles. The maximum Gasteiger partial charge on any atom is 0.187 e. The molecule has 0 spiro atoms. The molecule has 1 aromatic rings. The Hall–Kier alpha value is -1.42. The van der Waals surface area contributed by atoms with Gasteiger partial charge >= 0.3 is 0 Å². The summed E-state index contributed by atoms with van der Waals surface area (Å²) < 4.78 is 0. The maximum absolute atomic E-state index is 4.90. The van der Waals surface area contributed by atoms with E-state index in [0.29, 0.717) is 11.7 Å². The predicted molar refractivity (Wildman–Crippen MR) is 58.6 cm³/mol. The van der Waals surface area contributed by atoms with Gasteiger partial charge in [-0.15, -0.1) is 0 Å². The number of thiocarbonyl (C=S) groups is 1. The Labute approximate surface area is 82.9 Å². The highest BCUT2D eigenvalue weighted by atomic mass is 32.1. The van der Waals surface area contributed by atoms with Gasteiger partial charge in [0.2, 0.25) is 0 Å². The molecule has 0 radical (unpaired) electrons. The average Bonchev–Trinajstić information content (AvgIpc) is 2.17. The molecule has 68 valence electrons. The Balaban J connectivity index is 2.35. The third kappa shape index (κ3) is 3.66. The van der Waals surface area contributed by atoms with Crippen molar-refractivity contribution in [1.29, 1.82) is 0 Å². The molecule has 2 N–H and O–H groups in total. The van der Waals surface area contributed by atoms with Crippen LogP contribution in [0, 0.1) is 0 Å². The van der Waals surface area contributed by atoms with Crippen LogP contribution in [-0.2, 0) is 6.54 Å². The number of hydrogen-bond acceptors (Lipinski definition) is 2. The van der Waals surface area contributed by atoms with Crippen molar-refractivity contribution >= 4 is 24.0 Å². The van der Waals surface area contributed by atoms with E-state index >= 15 is 0 Å². The third-order valence-electron chi connectivity index (χ3n) is 1.48. The van der Waals surface area contributed by atoms with Crippen LogP contribution in [0.15, 0.2) is 35.4 Å². The van der Waals surface area contributed by atoms with Crippen molar-refractivity contribution in [2.24, 2.45) is 5.10 Å².